The Labute approximate surface area is 249 Å². The number of benzene rings is 2. The van der Waals surface area contributed by atoms with E-state index in [-0.39, 0.29) is 34.9 Å². The van der Waals surface area contributed by atoms with Crippen molar-refractivity contribution in [2.75, 3.05) is 13.7 Å². The van der Waals surface area contributed by atoms with Crippen LogP contribution in [0.4, 0.5) is 0 Å². The van der Waals surface area contributed by atoms with Crippen molar-refractivity contribution in [3.05, 3.63) is 53.1 Å². The lowest BCUT2D eigenvalue weighted by molar-refractivity contribution is -0.123. The zero-order valence-electron chi connectivity index (χ0n) is 24.8. The molecule has 1 aliphatic heterocycles. The molecule has 3 aromatic rings. The van der Waals surface area contributed by atoms with Crippen LogP contribution in [0.5, 0.6) is 5.75 Å². The van der Waals surface area contributed by atoms with Crippen LogP contribution in [0, 0.1) is 17.3 Å². The fourth-order valence-corrected chi connectivity index (χ4v) is 7.30. The van der Waals surface area contributed by atoms with E-state index in [0.29, 0.717) is 30.9 Å². The molecule has 220 valence electrons. The highest BCUT2D eigenvalue weighted by Crippen LogP contribution is 2.50. The third kappa shape index (κ3) is 5.55. The Bertz CT molecular complexity index is 1450. The fourth-order valence-electron chi connectivity index (χ4n) is 6.82. The minimum absolute atomic E-state index is 0.0823. The molecule has 0 radical (unpaired) electrons. The summed E-state index contributed by atoms with van der Waals surface area (Å²) in [6.07, 6.45) is 7.02. The SMILES string of the molecule is COc1ccc2c(c1)C(S)C(C(=O)CCC(C)C(C)(C)CO)Cn1c-2c(C2CCCCC2)c2ccc(C(N)=O)cc21. The van der Waals surface area contributed by atoms with Gasteiger partial charge in [-0.2, -0.15) is 12.6 Å². The summed E-state index contributed by atoms with van der Waals surface area (Å²) in [6, 6.07) is 11.9. The summed E-state index contributed by atoms with van der Waals surface area (Å²) >= 11 is 5.13. The van der Waals surface area contributed by atoms with E-state index in [2.05, 4.69) is 23.6 Å². The average Bonchev–Trinajstić information content (AvgIpc) is 3.24. The number of rotatable bonds is 9. The number of hydrogen-bond donors (Lipinski definition) is 3. The molecule has 2 aliphatic rings. The normalized spacial score (nSPS) is 20.2. The first-order valence-electron chi connectivity index (χ1n) is 15.0. The van der Waals surface area contributed by atoms with Crippen molar-refractivity contribution in [1.29, 1.82) is 0 Å². The Morgan fingerprint density at radius 1 is 1.15 bits per heavy atom. The number of ketones is 1. The van der Waals surface area contributed by atoms with Gasteiger partial charge < -0.3 is 20.1 Å². The number of carbonyl (C=O) groups is 2. The van der Waals surface area contributed by atoms with Crippen LogP contribution in [0.25, 0.3) is 22.2 Å². The molecule has 2 heterocycles. The van der Waals surface area contributed by atoms with Gasteiger partial charge in [0, 0.05) is 46.9 Å². The Morgan fingerprint density at radius 3 is 2.54 bits per heavy atom. The lowest BCUT2D eigenvalue weighted by Gasteiger charge is -2.30. The molecule has 3 N–H and O–H groups in total. The minimum atomic E-state index is -0.458. The molecular weight excluding hydrogens is 532 g/mol. The molecule has 6 nitrogen and oxygen atoms in total. The van der Waals surface area contributed by atoms with Crippen molar-refractivity contribution < 1.29 is 19.4 Å². The van der Waals surface area contributed by atoms with E-state index in [1.54, 1.807) is 7.11 Å². The predicted molar refractivity (Wildman–Crippen MR) is 168 cm³/mol. The molecule has 3 unspecified atom stereocenters. The first-order valence-corrected chi connectivity index (χ1v) is 15.5. The van der Waals surface area contributed by atoms with Crippen LogP contribution in [0.15, 0.2) is 36.4 Å². The minimum Gasteiger partial charge on any atom is -0.497 e. The Kier molecular flexibility index (Phi) is 8.58. The lowest BCUT2D eigenvalue weighted by Crippen LogP contribution is -2.28. The van der Waals surface area contributed by atoms with Crippen molar-refractivity contribution in [3.8, 4) is 17.0 Å². The number of Topliss-reactive ketones (excluding diaryl/α,β-unsaturated/α-hetero) is 1. The number of amides is 1. The highest BCUT2D eigenvalue weighted by atomic mass is 32.1. The van der Waals surface area contributed by atoms with Crippen LogP contribution < -0.4 is 10.5 Å². The number of ether oxygens (including phenoxy) is 1. The molecule has 0 bridgehead atoms. The summed E-state index contributed by atoms with van der Waals surface area (Å²) in [5, 5.41) is 10.7. The number of aliphatic hydroxyl groups is 1. The number of nitrogens with zero attached hydrogens (tertiary/aromatic N) is 1. The molecule has 7 heteroatoms. The molecule has 1 aliphatic carbocycles. The van der Waals surface area contributed by atoms with Crippen LogP contribution in [-0.2, 0) is 11.3 Å². The van der Waals surface area contributed by atoms with Crippen molar-refractivity contribution in [1.82, 2.24) is 4.57 Å². The molecule has 1 aromatic heterocycles. The highest BCUT2D eigenvalue weighted by Gasteiger charge is 2.37. The number of thiol groups is 1. The van der Waals surface area contributed by atoms with Gasteiger partial charge in [-0.05, 0) is 78.0 Å². The number of hydrogen-bond acceptors (Lipinski definition) is 5. The summed E-state index contributed by atoms with van der Waals surface area (Å²) in [6.45, 7) is 6.74. The van der Waals surface area contributed by atoms with Crippen molar-refractivity contribution in [3.63, 3.8) is 0 Å². The number of nitrogens with two attached hydrogens (primary N) is 1. The second-order valence-corrected chi connectivity index (χ2v) is 13.4. The number of aliphatic hydroxyl groups excluding tert-OH is 1. The van der Waals surface area contributed by atoms with E-state index < -0.39 is 5.91 Å². The average molecular weight is 577 g/mol. The molecule has 2 aromatic carbocycles. The Balaban J connectivity index is 1.69. The number of methoxy groups -OCH3 is 1. The monoisotopic (exact) mass is 576 g/mol. The number of carbonyl (C=O) groups excluding carboxylic acids is 2. The maximum absolute atomic E-state index is 14.0. The van der Waals surface area contributed by atoms with Crippen LogP contribution in [0.1, 0.15) is 98.4 Å². The largest absolute Gasteiger partial charge is 0.497 e. The van der Waals surface area contributed by atoms with Gasteiger partial charge in [0.05, 0.1) is 18.7 Å². The zero-order valence-corrected chi connectivity index (χ0v) is 25.7. The van der Waals surface area contributed by atoms with Gasteiger partial charge in [-0.15, -0.1) is 0 Å². The summed E-state index contributed by atoms with van der Waals surface area (Å²) < 4.78 is 7.90. The van der Waals surface area contributed by atoms with Crippen molar-refractivity contribution >= 4 is 35.2 Å². The maximum Gasteiger partial charge on any atom is 0.248 e. The molecule has 1 fully saturated rings. The maximum atomic E-state index is 14.0. The van der Waals surface area contributed by atoms with Crippen LogP contribution in [0.2, 0.25) is 0 Å². The van der Waals surface area contributed by atoms with Gasteiger partial charge in [0.15, 0.2) is 0 Å². The molecule has 1 amide bonds. The molecular formula is C34H44N2O4S. The molecule has 3 atom stereocenters. The quantitative estimate of drug-likeness (QED) is 0.238. The third-order valence-corrected chi connectivity index (χ3v) is 10.6. The summed E-state index contributed by atoms with van der Waals surface area (Å²) in [5.74, 6) is 0.671. The summed E-state index contributed by atoms with van der Waals surface area (Å²) in [4.78, 5) is 26.3. The van der Waals surface area contributed by atoms with E-state index in [4.69, 9.17) is 23.1 Å². The number of aromatic nitrogens is 1. The van der Waals surface area contributed by atoms with Gasteiger partial charge in [0.1, 0.15) is 11.5 Å². The van der Waals surface area contributed by atoms with Gasteiger partial charge in [-0.3, -0.25) is 9.59 Å². The lowest BCUT2D eigenvalue weighted by atomic mass is 9.77. The van der Waals surface area contributed by atoms with E-state index in [1.165, 1.54) is 24.8 Å². The fraction of sp³-hybridized carbons (Fsp3) is 0.529. The third-order valence-electron chi connectivity index (χ3n) is 9.97. The van der Waals surface area contributed by atoms with E-state index in [9.17, 15) is 14.7 Å². The number of primary amides is 1. The highest BCUT2D eigenvalue weighted by molar-refractivity contribution is 7.80. The van der Waals surface area contributed by atoms with E-state index >= 15 is 0 Å². The standard InChI is InChI=1S/C34H44N2O4S/c1-20(34(2,3)19-37)10-15-29(38)27-18-36-28-16-22(33(35)39)11-13-25(28)30(21-8-6-5-7-9-21)31(36)24-14-12-23(40-4)17-26(24)32(27)41/h11-14,16-17,20-21,27,32,37,41H,5-10,15,18-19H2,1-4H3,(H2,35,39). The van der Waals surface area contributed by atoms with Crippen LogP contribution in [-0.4, -0.2) is 35.1 Å². The van der Waals surface area contributed by atoms with Crippen LogP contribution >= 0.6 is 12.6 Å². The first kappa shape index (κ1) is 29.7. The van der Waals surface area contributed by atoms with Gasteiger partial charge in [0.25, 0.3) is 0 Å². The van der Waals surface area contributed by atoms with Gasteiger partial charge in [0.2, 0.25) is 5.91 Å². The summed E-state index contributed by atoms with van der Waals surface area (Å²) in [5.41, 5.74) is 11.4. The molecule has 41 heavy (non-hydrogen) atoms. The van der Waals surface area contributed by atoms with Gasteiger partial charge >= 0.3 is 0 Å². The number of fused-ring (bicyclic) bond motifs is 5. The molecule has 0 saturated heterocycles. The summed E-state index contributed by atoms with van der Waals surface area (Å²) in [7, 11) is 1.66. The molecule has 1 saturated carbocycles. The predicted octanol–water partition coefficient (Wildman–Crippen LogP) is 7.07. The van der Waals surface area contributed by atoms with Gasteiger partial charge in [-0.25, -0.2) is 0 Å². The van der Waals surface area contributed by atoms with Crippen LogP contribution in [0.3, 0.4) is 0 Å². The van der Waals surface area contributed by atoms with Gasteiger partial charge in [-0.1, -0.05) is 46.1 Å². The van der Waals surface area contributed by atoms with E-state index in [1.807, 2.05) is 38.1 Å². The molecule has 5 rings (SSSR count). The van der Waals surface area contributed by atoms with E-state index in [0.717, 1.165) is 46.3 Å². The second-order valence-electron chi connectivity index (χ2n) is 12.9. The second kappa shape index (κ2) is 11.8. The first-order chi connectivity index (χ1) is 19.6. The topological polar surface area (TPSA) is 94.6 Å². The van der Waals surface area contributed by atoms with Crippen molar-refractivity contribution in [2.45, 2.75) is 83.4 Å². The smallest absolute Gasteiger partial charge is 0.248 e. The molecule has 0 spiro atoms. The Hall–Kier alpha value is -2.77. The Morgan fingerprint density at radius 2 is 1.88 bits per heavy atom. The van der Waals surface area contributed by atoms with Crippen molar-refractivity contribution in [2.24, 2.45) is 23.0 Å². The zero-order chi connectivity index (χ0) is 29.5.